The van der Waals surface area contributed by atoms with Crippen molar-refractivity contribution < 1.29 is 4.74 Å². The molecule has 0 bridgehead atoms. The van der Waals surface area contributed by atoms with Gasteiger partial charge in [-0.25, -0.2) is 9.97 Å². The highest BCUT2D eigenvalue weighted by Gasteiger charge is 2.12. The average Bonchev–Trinajstić information content (AvgIpc) is 2.27. The van der Waals surface area contributed by atoms with Crippen LogP contribution in [-0.2, 0) is 0 Å². The minimum Gasteiger partial charge on any atom is -0.496 e. The lowest BCUT2D eigenvalue weighted by Crippen LogP contribution is -1.99. The highest BCUT2D eigenvalue weighted by Crippen LogP contribution is 2.35. The maximum atomic E-state index is 6.17. The Bertz CT molecular complexity index is 537. The largest absolute Gasteiger partial charge is 0.496 e. The molecular weight excluding hydrogens is 238 g/mol. The zero-order chi connectivity index (χ0) is 12.4. The fourth-order valence-electron chi connectivity index (χ4n) is 1.64. The van der Waals surface area contributed by atoms with Gasteiger partial charge in [-0.3, -0.25) is 0 Å². The number of ether oxygens (including phenoxy) is 1. The second kappa shape index (κ2) is 4.59. The van der Waals surface area contributed by atoms with Crippen LogP contribution in [0.5, 0.6) is 5.75 Å². The van der Waals surface area contributed by atoms with Gasteiger partial charge in [-0.1, -0.05) is 17.7 Å². The molecule has 0 atom stereocenters. The van der Waals surface area contributed by atoms with E-state index >= 15 is 0 Å². The Hall–Kier alpha value is -1.81. The van der Waals surface area contributed by atoms with Crippen LogP contribution in [0.15, 0.2) is 24.3 Å². The molecular formula is C12H12ClN3O. The molecule has 0 radical (unpaired) electrons. The predicted octanol–water partition coefficient (Wildman–Crippen LogP) is 2.70. The van der Waals surface area contributed by atoms with E-state index in [0.29, 0.717) is 16.5 Å². The average molecular weight is 250 g/mol. The minimum atomic E-state index is 0.224. The van der Waals surface area contributed by atoms with Crippen LogP contribution in [0.1, 0.15) is 5.69 Å². The Morgan fingerprint density at radius 3 is 2.71 bits per heavy atom. The molecule has 0 unspecified atom stereocenters. The van der Waals surface area contributed by atoms with E-state index in [1.807, 2.05) is 25.1 Å². The summed E-state index contributed by atoms with van der Waals surface area (Å²) in [4.78, 5) is 8.20. The second-order valence-corrected chi connectivity index (χ2v) is 3.98. The number of hydrogen-bond donors (Lipinski definition) is 1. The number of rotatable bonds is 2. The van der Waals surface area contributed by atoms with E-state index in [4.69, 9.17) is 22.1 Å². The predicted molar refractivity (Wildman–Crippen MR) is 68.2 cm³/mol. The number of benzene rings is 1. The van der Waals surface area contributed by atoms with Crippen LogP contribution in [0.2, 0.25) is 5.02 Å². The summed E-state index contributed by atoms with van der Waals surface area (Å²) in [6.45, 7) is 1.85. The van der Waals surface area contributed by atoms with Gasteiger partial charge in [-0.15, -0.1) is 0 Å². The van der Waals surface area contributed by atoms with Crippen LogP contribution in [0.4, 0.5) is 5.95 Å². The molecule has 4 nitrogen and oxygen atoms in total. The molecule has 1 aromatic carbocycles. The monoisotopic (exact) mass is 249 g/mol. The van der Waals surface area contributed by atoms with E-state index in [-0.39, 0.29) is 5.95 Å². The zero-order valence-electron chi connectivity index (χ0n) is 9.57. The molecule has 2 N–H and O–H groups in total. The van der Waals surface area contributed by atoms with Crippen molar-refractivity contribution in [3.63, 3.8) is 0 Å². The van der Waals surface area contributed by atoms with Gasteiger partial charge in [-0.2, -0.15) is 0 Å². The minimum absolute atomic E-state index is 0.224. The number of anilines is 1. The number of methoxy groups -OCH3 is 1. The third-order valence-corrected chi connectivity index (χ3v) is 2.64. The Morgan fingerprint density at radius 2 is 2.06 bits per heavy atom. The van der Waals surface area contributed by atoms with Crippen molar-refractivity contribution in [2.45, 2.75) is 6.92 Å². The standard InChI is InChI=1S/C12H12ClN3O/c1-7-6-9(16-12(14)15-7)11-8(13)4-3-5-10(11)17-2/h3-6H,1-2H3,(H2,14,15,16). The highest BCUT2D eigenvalue weighted by atomic mass is 35.5. The van der Waals surface area contributed by atoms with Crippen LogP contribution in [0.3, 0.4) is 0 Å². The molecule has 17 heavy (non-hydrogen) atoms. The van der Waals surface area contributed by atoms with E-state index in [1.54, 1.807) is 13.2 Å². The lowest BCUT2D eigenvalue weighted by Gasteiger charge is -2.10. The molecule has 0 aliphatic carbocycles. The third-order valence-electron chi connectivity index (χ3n) is 2.32. The normalized spacial score (nSPS) is 10.3. The van der Waals surface area contributed by atoms with Crippen molar-refractivity contribution in [1.82, 2.24) is 9.97 Å². The van der Waals surface area contributed by atoms with Gasteiger partial charge < -0.3 is 10.5 Å². The summed E-state index contributed by atoms with van der Waals surface area (Å²) < 4.78 is 5.27. The van der Waals surface area contributed by atoms with Crippen molar-refractivity contribution in [3.05, 3.63) is 35.0 Å². The first-order valence-electron chi connectivity index (χ1n) is 5.06. The van der Waals surface area contributed by atoms with E-state index in [0.717, 1.165) is 11.3 Å². The molecule has 1 aromatic heterocycles. The lowest BCUT2D eigenvalue weighted by molar-refractivity contribution is 0.416. The molecule has 0 amide bonds. The summed E-state index contributed by atoms with van der Waals surface area (Å²) in [5, 5.41) is 0.571. The topological polar surface area (TPSA) is 61.0 Å². The van der Waals surface area contributed by atoms with Crippen molar-refractivity contribution in [2.24, 2.45) is 0 Å². The first kappa shape index (κ1) is 11.7. The van der Waals surface area contributed by atoms with Crippen molar-refractivity contribution in [3.8, 4) is 17.0 Å². The Balaban J connectivity index is 2.67. The van der Waals surface area contributed by atoms with Crippen LogP contribution in [0.25, 0.3) is 11.3 Å². The Morgan fingerprint density at radius 1 is 1.29 bits per heavy atom. The smallest absolute Gasteiger partial charge is 0.220 e. The van der Waals surface area contributed by atoms with Crippen LogP contribution < -0.4 is 10.5 Å². The number of halogens is 1. The fourth-order valence-corrected chi connectivity index (χ4v) is 1.91. The molecule has 0 aliphatic heterocycles. The van der Waals surface area contributed by atoms with Gasteiger partial charge in [0.05, 0.1) is 23.4 Å². The number of aryl methyl sites for hydroxylation is 1. The van der Waals surface area contributed by atoms with Gasteiger partial charge in [-0.05, 0) is 25.1 Å². The Labute approximate surface area is 104 Å². The molecule has 0 aliphatic rings. The molecule has 0 saturated heterocycles. The molecule has 5 heteroatoms. The number of nitrogens with two attached hydrogens (primary N) is 1. The maximum absolute atomic E-state index is 6.17. The quantitative estimate of drug-likeness (QED) is 0.889. The fraction of sp³-hybridized carbons (Fsp3) is 0.167. The third kappa shape index (κ3) is 2.31. The SMILES string of the molecule is COc1cccc(Cl)c1-c1cc(C)nc(N)n1. The number of nitrogen functional groups attached to an aromatic ring is 1. The van der Waals surface area contributed by atoms with E-state index in [2.05, 4.69) is 9.97 Å². The maximum Gasteiger partial charge on any atom is 0.220 e. The van der Waals surface area contributed by atoms with Gasteiger partial charge in [0.15, 0.2) is 0 Å². The molecule has 2 aromatic rings. The summed E-state index contributed by atoms with van der Waals surface area (Å²) in [5.74, 6) is 0.886. The first-order chi connectivity index (χ1) is 8.11. The summed E-state index contributed by atoms with van der Waals surface area (Å²) in [5.41, 5.74) is 7.81. The van der Waals surface area contributed by atoms with Gasteiger partial charge in [0.25, 0.3) is 0 Å². The summed E-state index contributed by atoms with van der Waals surface area (Å²) in [6.07, 6.45) is 0. The first-order valence-corrected chi connectivity index (χ1v) is 5.43. The van der Waals surface area contributed by atoms with Crippen LogP contribution in [-0.4, -0.2) is 17.1 Å². The zero-order valence-corrected chi connectivity index (χ0v) is 10.3. The van der Waals surface area contributed by atoms with Gasteiger partial charge in [0.2, 0.25) is 5.95 Å². The summed E-state index contributed by atoms with van der Waals surface area (Å²) in [7, 11) is 1.59. The molecule has 0 fully saturated rings. The lowest BCUT2D eigenvalue weighted by atomic mass is 10.1. The number of nitrogens with zero attached hydrogens (tertiary/aromatic N) is 2. The van der Waals surface area contributed by atoms with E-state index in [9.17, 15) is 0 Å². The number of aromatic nitrogens is 2. The van der Waals surface area contributed by atoms with Gasteiger partial charge >= 0.3 is 0 Å². The molecule has 1 heterocycles. The van der Waals surface area contributed by atoms with Crippen molar-refractivity contribution in [1.29, 1.82) is 0 Å². The number of hydrogen-bond acceptors (Lipinski definition) is 4. The molecule has 0 saturated carbocycles. The Kier molecular flexibility index (Phi) is 3.15. The molecule has 88 valence electrons. The van der Waals surface area contributed by atoms with Crippen molar-refractivity contribution in [2.75, 3.05) is 12.8 Å². The van der Waals surface area contributed by atoms with Gasteiger partial charge in [0.1, 0.15) is 5.75 Å². The van der Waals surface area contributed by atoms with Crippen molar-refractivity contribution >= 4 is 17.5 Å². The van der Waals surface area contributed by atoms with E-state index < -0.39 is 0 Å². The van der Waals surface area contributed by atoms with Crippen LogP contribution >= 0.6 is 11.6 Å². The molecule has 0 spiro atoms. The van der Waals surface area contributed by atoms with E-state index in [1.165, 1.54) is 0 Å². The highest BCUT2D eigenvalue weighted by molar-refractivity contribution is 6.33. The summed E-state index contributed by atoms with van der Waals surface area (Å²) >= 11 is 6.17. The molecule has 2 rings (SSSR count). The van der Waals surface area contributed by atoms with Gasteiger partial charge in [0, 0.05) is 5.69 Å². The summed E-state index contributed by atoms with van der Waals surface area (Å²) in [6, 6.07) is 7.25. The van der Waals surface area contributed by atoms with Crippen LogP contribution in [0, 0.1) is 6.92 Å². The second-order valence-electron chi connectivity index (χ2n) is 3.57.